The van der Waals surface area contributed by atoms with E-state index in [0.717, 1.165) is 24.3 Å². The van der Waals surface area contributed by atoms with Crippen LogP contribution >= 0.6 is 11.6 Å². The van der Waals surface area contributed by atoms with Crippen molar-refractivity contribution in [3.05, 3.63) is 24.3 Å². The van der Waals surface area contributed by atoms with E-state index in [4.69, 9.17) is 27.5 Å². The second-order valence-corrected chi connectivity index (χ2v) is 3.38. The Kier molecular flexibility index (Phi) is 6.56. The van der Waals surface area contributed by atoms with Crippen molar-refractivity contribution in [3.8, 4) is 35.1 Å². The summed E-state index contributed by atoms with van der Waals surface area (Å²) in [5.41, 5.74) is 0. The van der Waals surface area contributed by atoms with Crippen LogP contribution in [-0.4, -0.2) is 13.2 Å². The Morgan fingerprint density at radius 1 is 1.12 bits per heavy atom. The molecule has 0 amide bonds. The first kappa shape index (κ1) is 13.3. The number of ether oxygens (including phenoxy) is 2. The molecule has 88 valence electrons. The average molecular weight is 249 g/mol. The molecule has 0 atom stereocenters. The zero-order chi connectivity index (χ0) is 12.3. The van der Waals surface area contributed by atoms with Gasteiger partial charge in [0.25, 0.3) is 0 Å². The number of unbranched alkanes of at least 4 members (excludes halogenated alkanes) is 1. The fraction of sp³-hybridized carbons (Fsp3) is 0.286. The van der Waals surface area contributed by atoms with Gasteiger partial charge < -0.3 is 9.47 Å². The molecule has 0 saturated carbocycles. The lowest BCUT2D eigenvalue weighted by molar-refractivity contribution is 0.311. The van der Waals surface area contributed by atoms with Crippen LogP contribution in [0.2, 0.25) is 0 Å². The maximum atomic E-state index is 5.51. The average Bonchev–Trinajstić information content (AvgIpc) is 2.37. The molecule has 0 aliphatic rings. The van der Waals surface area contributed by atoms with E-state index in [0.29, 0.717) is 6.61 Å². The van der Waals surface area contributed by atoms with Gasteiger partial charge in [-0.3, -0.25) is 0 Å². The Hall–Kier alpha value is -1.77. The third-order valence-electron chi connectivity index (χ3n) is 1.93. The molecule has 0 spiro atoms. The Labute approximate surface area is 107 Å². The third-order valence-corrected chi connectivity index (χ3v) is 2.06. The number of halogens is 1. The van der Waals surface area contributed by atoms with E-state index in [1.54, 1.807) is 0 Å². The molecule has 0 aliphatic heterocycles. The lowest BCUT2D eigenvalue weighted by atomic mass is 10.3. The normalized spacial score (nSPS) is 8.71. The highest BCUT2D eigenvalue weighted by atomic mass is 35.5. The number of benzene rings is 1. The van der Waals surface area contributed by atoms with Crippen LogP contribution in [0.4, 0.5) is 0 Å². The van der Waals surface area contributed by atoms with Gasteiger partial charge in [0.15, 0.2) is 0 Å². The van der Waals surface area contributed by atoms with Crippen LogP contribution in [0.15, 0.2) is 24.3 Å². The fourth-order valence-electron chi connectivity index (χ4n) is 1.15. The molecule has 0 heterocycles. The number of hydrogen-bond donors (Lipinski definition) is 0. The maximum Gasteiger partial charge on any atom is 0.148 e. The van der Waals surface area contributed by atoms with E-state index < -0.39 is 0 Å². The van der Waals surface area contributed by atoms with Crippen molar-refractivity contribution in [1.82, 2.24) is 0 Å². The predicted octanol–water partition coefficient (Wildman–Crippen LogP) is 3.06. The van der Waals surface area contributed by atoms with Gasteiger partial charge in [0.1, 0.15) is 18.1 Å². The molecule has 3 heteroatoms. The summed E-state index contributed by atoms with van der Waals surface area (Å²) in [6.07, 6.45) is 6.69. The summed E-state index contributed by atoms with van der Waals surface area (Å²) in [4.78, 5) is 0. The molecule has 17 heavy (non-hydrogen) atoms. The van der Waals surface area contributed by atoms with E-state index in [-0.39, 0.29) is 6.61 Å². The Balaban J connectivity index is 2.29. The molecule has 0 aromatic heterocycles. The highest BCUT2D eigenvalue weighted by Crippen LogP contribution is 2.17. The lowest BCUT2D eigenvalue weighted by Gasteiger charge is -2.06. The summed E-state index contributed by atoms with van der Waals surface area (Å²) in [6, 6.07) is 7.34. The smallest absolute Gasteiger partial charge is 0.148 e. The van der Waals surface area contributed by atoms with Crippen molar-refractivity contribution < 1.29 is 9.47 Å². The van der Waals surface area contributed by atoms with E-state index in [1.807, 2.05) is 24.3 Å². The summed E-state index contributed by atoms with van der Waals surface area (Å²) in [5, 5.41) is 2.33. The first-order valence-corrected chi connectivity index (χ1v) is 5.62. The molecule has 2 nitrogen and oxygen atoms in total. The third kappa shape index (κ3) is 5.76. The lowest BCUT2D eigenvalue weighted by Crippen LogP contribution is -1.97. The molecule has 0 radical (unpaired) electrons. The van der Waals surface area contributed by atoms with Crippen LogP contribution in [0, 0.1) is 23.6 Å². The molecule has 0 unspecified atom stereocenters. The fourth-order valence-corrected chi connectivity index (χ4v) is 1.25. The molecular weight excluding hydrogens is 236 g/mol. The summed E-state index contributed by atoms with van der Waals surface area (Å²) in [7, 11) is 0. The van der Waals surface area contributed by atoms with E-state index in [9.17, 15) is 0 Å². The van der Waals surface area contributed by atoms with Gasteiger partial charge in [-0.05, 0) is 42.3 Å². The summed E-state index contributed by atoms with van der Waals surface area (Å²) >= 11 is 5.23. The van der Waals surface area contributed by atoms with Crippen LogP contribution in [0.1, 0.15) is 12.8 Å². The standard InChI is InChI=1S/C14H13ClO2/c1-2-11-16-13-6-8-14(9-7-13)17-12-5-3-4-10-15/h1,6-9H,3,5,11-12H2. The first-order valence-electron chi connectivity index (χ1n) is 5.24. The van der Waals surface area contributed by atoms with Gasteiger partial charge in [-0.15, -0.1) is 6.42 Å². The largest absolute Gasteiger partial charge is 0.494 e. The van der Waals surface area contributed by atoms with Crippen LogP contribution in [0.3, 0.4) is 0 Å². The van der Waals surface area contributed by atoms with Gasteiger partial charge in [0.05, 0.1) is 6.61 Å². The Morgan fingerprint density at radius 3 is 2.35 bits per heavy atom. The van der Waals surface area contributed by atoms with Gasteiger partial charge >= 0.3 is 0 Å². The van der Waals surface area contributed by atoms with Crippen LogP contribution in [-0.2, 0) is 0 Å². The minimum absolute atomic E-state index is 0.275. The summed E-state index contributed by atoms with van der Waals surface area (Å²) in [5.74, 6) is 6.71. The molecule has 0 bridgehead atoms. The SMILES string of the molecule is C#CCOc1ccc(OCCCC#CCl)cc1. The Bertz CT molecular complexity index is 420. The zero-order valence-electron chi connectivity index (χ0n) is 9.41. The molecule has 1 aromatic rings. The topological polar surface area (TPSA) is 18.5 Å². The van der Waals surface area contributed by atoms with Crippen molar-refractivity contribution in [2.45, 2.75) is 12.8 Å². The van der Waals surface area contributed by atoms with Gasteiger partial charge in [0, 0.05) is 11.8 Å². The van der Waals surface area contributed by atoms with E-state index in [1.165, 1.54) is 0 Å². The van der Waals surface area contributed by atoms with Crippen molar-refractivity contribution in [3.63, 3.8) is 0 Å². The highest BCUT2D eigenvalue weighted by Gasteiger charge is 1.95. The van der Waals surface area contributed by atoms with Crippen LogP contribution < -0.4 is 9.47 Å². The van der Waals surface area contributed by atoms with Crippen LogP contribution in [0.5, 0.6) is 11.5 Å². The first-order chi connectivity index (χ1) is 8.36. The quantitative estimate of drug-likeness (QED) is 0.569. The second kappa shape index (κ2) is 8.39. The second-order valence-electron chi connectivity index (χ2n) is 3.19. The predicted molar refractivity (Wildman–Crippen MR) is 69.1 cm³/mol. The minimum atomic E-state index is 0.275. The van der Waals surface area contributed by atoms with Crippen molar-refractivity contribution in [2.24, 2.45) is 0 Å². The van der Waals surface area contributed by atoms with Gasteiger partial charge in [-0.2, -0.15) is 0 Å². The zero-order valence-corrected chi connectivity index (χ0v) is 10.2. The molecule has 0 saturated heterocycles. The summed E-state index contributed by atoms with van der Waals surface area (Å²) < 4.78 is 10.7. The molecular formula is C14H13ClO2. The minimum Gasteiger partial charge on any atom is -0.494 e. The van der Waals surface area contributed by atoms with Crippen molar-refractivity contribution in [1.29, 1.82) is 0 Å². The number of terminal acetylenes is 1. The van der Waals surface area contributed by atoms with Gasteiger partial charge in [-0.1, -0.05) is 11.8 Å². The molecule has 0 N–H and O–H groups in total. The van der Waals surface area contributed by atoms with Crippen molar-refractivity contribution >= 4 is 11.6 Å². The summed E-state index contributed by atoms with van der Waals surface area (Å²) in [6.45, 7) is 0.896. The number of hydrogen-bond acceptors (Lipinski definition) is 2. The van der Waals surface area contributed by atoms with Crippen molar-refractivity contribution in [2.75, 3.05) is 13.2 Å². The van der Waals surface area contributed by atoms with Gasteiger partial charge in [-0.25, -0.2) is 0 Å². The molecule has 0 fully saturated rings. The molecule has 1 rings (SSSR count). The maximum absolute atomic E-state index is 5.51. The monoisotopic (exact) mass is 248 g/mol. The highest BCUT2D eigenvalue weighted by molar-refractivity contribution is 6.30. The van der Waals surface area contributed by atoms with E-state index >= 15 is 0 Å². The molecule has 1 aromatic carbocycles. The Morgan fingerprint density at radius 2 is 1.76 bits per heavy atom. The molecule has 0 aliphatic carbocycles. The van der Waals surface area contributed by atoms with E-state index in [2.05, 4.69) is 17.2 Å². The number of rotatable bonds is 6. The van der Waals surface area contributed by atoms with Crippen LogP contribution in [0.25, 0.3) is 0 Å². The van der Waals surface area contributed by atoms with Gasteiger partial charge in [0.2, 0.25) is 0 Å².